The van der Waals surface area contributed by atoms with Crippen LogP contribution in [0, 0.1) is 40.4 Å². The fourth-order valence-electron chi connectivity index (χ4n) is 9.09. The molecular formula is C32H37BrN2S. The monoisotopic (exact) mass is 560 g/mol. The van der Waals surface area contributed by atoms with E-state index < -0.39 is 0 Å². The minimum absolute atomic E-state index is 0.104. The molecule has 1 aromatic carbocycles. The number of nitrogens with zero attached hydrogens (tertiary/aromatic N) is 2. The molecule has 0 saturated heterocycles. The molecule has 0 N–H and O–H groups in total. The van der Waals surface area contributed by atoms with Crippen LogP contribution >= 0.6 is 27.7 Å². The normalized spacial score (nSPS) is 34.6. The minimum Gasteiger partial charge on any atom is -0.244 e. The van der Waals surface area contributed by atoms with Crippen molar-refractivity contribution < 1.29 is 0 Å². The first kappa shape index (κ1) is 24.7. The van der Waals surface area contributed by atoms with Crippen LogP contribution in [0.2, 0.25) is 0 Å². The molecule has 3 saturated carbocycles. The summed E-state index contributed by atoms with van der Waals surface area (Å²) in [7, 11) is 0. The van der Waals surface area contributed by atoms with Crippen LogP contribution in [-0.2, 0) is 11.8 Å². The Morgan fingerprint density at radius 1 is 1.17 bits per heavy atom. The van der Waals surface area contributed by atoms with Crippen molar-refractivity contribution in [2.24, 2.45) is 29.1 Å². The second kappa shape index (κ2) is 9.32. The topological polar surface area (TPSA) is 36.7 Å². The average Bonchev–Trinajstić information content (AvgIpc) is 3.18. The maximum absolute atomic E-state index is 10.4. The molecule has 6 rings (SSSR count). The molecule has 0 amide bonds. The molecule has 4 unspecified atom stereocenters. The van der Waals surface area contributed by atoms with Crippen molar-refractivity contribution in [3.05, 3.63) is 58.2 Å². The fourth-order valence-corrected chi connectivity index (χ4v) is 10.2. The van der Waals surface area contributed by atoms with Gasteiger partial charge in [0, 0.05) is 21.2 Å². The highest BCUT2D eigenvalue weighted by Gasteiger charge is 2.59. The summed E-state index contributed by atoms with van der Waals surface area (Å²) < 4.78 is 1.06. The second-order valence-electron chi connectivity index (χ2n) is 12.3. The minimum atomic E-state index is 0.104. The SMILES string of the molecule is C=CCSc1nc2c(c(-c3cccc(Br)c3)c1C#N)CC1C3CCC4CCCC[C@]4(C)C3CC[C@]21C. The second-order valence-corrected chi connectivity index (χ2v) is 14.2. The van der Waals surface area contributed by atoms with Gasteiger partial charge in [0.15, 0.2) is 0 Å². The zero-order valence-electron chi connectivity index (χ0n) is 21.7. The average molecular weight is 562 g/mol. The van der Waals surface area contributed by atoms with Gasteiger partial charge in [-0.05, 0) is 97.3 Å². The van der Waals surface area contributed by atoms with Gasteiger partial charge in [0.1, 0.15) is 11.1 Å². The summed E-state index contributed by atoms with van der Waals surface area (Å²) in [4.78, 5) is 5.34. The van der Waals surface area contributed by atoms with Crippen molar-refractivity contribution in [1.82, 2.24) is 4.98 Å². The lowest BCUT2D eigenvalue weighted by atomic mass is 9.45. The summed E-state index contributed by atoms with van der Waals surface area (Å²) in [6.07, 6.45) is 14.1. The van der Waals surface area contributed by atoms with Gasteiger partial charge in [-0.3, -0.25) is 0 Å². The van der Waals surface area contributed by atoms with E-state index in [4.69, 9.17) is 4.98 Å². The van der Waals surface area contributed by atoms with E-state index in [-0.39, 0.29) is 5.41 Å². The number of hydrogen-bond acceptors (Lipinski definition) is 3. The quantitative estimate of drug-likeness (QED) is 0.276. The standard InChI is InChI=1S/C32H37BrN2S/c1-4-16-36-30-25(19-34)28(20-8-7-10-22(33)17-20)24-18-27-23-12-11-21-9-5-6-14-31(21,2)26(23)13-15-32(27,3)29(24)35-30/h4,7-8,10,17,21,23,26-27H,1,5-6,9,11-16,18H2,2-3H3/t21?,23?,26?,27?,31-,32-/m0/s1. The van der Waals surface area contributed by atoms with Crippen LogP contribution in [0.1, 0.15) is 82.0 Å². The maximum Gasteiger partial charge on any atom is 0.115 e. The van der Waals surface area contributed by atoms with Gasteiger partial charge in [-0.15, -0.1) is 18.3 Å². The van der Waals surface area contributed by atoms with Crippen LogP contribution in [0.5, 0.6) is 0 Å². The molecule has 2 nitrogen and oxygen atoms in total. The third kappa shape index (κ3) is 3.67. The Balaban J connectivity index is 1.49. The highest BCUT2D eigenvalue weighted by molar-refractivity contribution is 9.10. The van der Waals surface area contributed by atoms with Crippen LogP contribution in [0.25, 0.3) is 11.1 Å². The number of nitriles is 1. The number of fused-ring (bicyclic) bond motifs is 7. The fraction of sp³-hybridized carbons (Fsp3) is 0.562. The van der Waals surface area contributed by atoms with Gasteiger partial charge in [-0.25, -0.2) is 4.98 Å². The molecule has 36 heavy (non-hydrogen) atoms. The van der Waals surface area contributed by atoms with Crippen LogP contribution in [-0.4, -0.2) is 10.7 Å². The molecular weight excluding hydrogens is 524 g/mol. The van der Waals surface area contributed by atoms with Gasteiger partial charge >= 0.3 is 0 Å². The number of benzene rings is 1. The Hall–Kier alpha value is -1.57. The summed E-state index contributed by atoms with van der Waals surface area (Å²) in [6, 6.07) is 11.1. The summed E-state index contributed by atoms with van der Waals surface area (Å²) in [5.74, 6) is 3.97. The number of halogens is 1. The zero-order valence-corrected chi connectivity index (χ0v) is 24.1. The number of pyridine rings is 1. The van der Waals surface area contributed by atoms with Gasteiger partial charge < -0.3 is 0 Å². The summed E-state index contributed by atoms with van der Waals surface area (Å²) >= 11 is 5.35. The van der Waals surface area contributed by atoms with E-state index in [2.05, 4.69) is 66.7 Å². The van der Waals surface area contributed by atoms with Gasteiger partial charge in [-0.1, -0.05) is 60.8 Å². The van der Waals surface area contributed by atoms with Crippen molar-refractivity contribution in [1.29, 1.82) is 5.26 Å². The first-order valence-electron chi connectivity index (χ1n) is 13.9. The van der Waals surface area contributed by atoms with Gasteiger partial charge in [0.05, 0.1) is 11.3 Å². The van der Waals surface area contributed by atoms with E-state index >= 15 is 0 Å². The van der Waals surface area contributed by atoms with Crippen LogP contribution < -0.4 is 0 Å². The van der Waals surface area contributed by atoms with Gasteiger partial charge in [0.25, 0.3) is 0 Å². The highest BCUT2D eigenvalue weighted by Crippen LogP contribution is 2.66. The predicted molar refractivity (Wildman–Crippen MR) is 153 cm³/mol. The maximum atomic E-state index is 10.4. The summed E-state index contributed by atoms with van der Waals surface area (Å²) in [6.45, 7) is 9.09. The third-order valence-electron chi connectivity index (χ3n) is 10.8. The molecule has 1 heterocycles. The van der Waals surface area contributed by atoms with Crippen molar-refractivity contribution >= 4 is 27.7 Å². The van der Waals surface area contributed by atoms with Crippen molar-refractivity contribution in [2.75, 3.05) is 5.75 Å². The predicted octanol–water partition coefficient (Wildman–Crippen LogP) is 9.11. The molecule has 4 aliphatic carbocycles. The first-order valence-corrected chi connectivity index (χ1v) is 15.7. The Morgan fingerprint density at radius 2 is 2.03 bits per heavy atom. The number of hydrogen-bond donors (Lipinski definition) is 0. The molecule has 1 aromatic heterocycles. The number of aromatic nitrogens is 1. The lowest BCUT2D eigenvalue weighted by Gasteiger charge is -2.59. The van der Waals surface area contributed by atoms with Crippen LogP contribution in [0.15, 0.2) is 46.4 Å². The van der Waals surface area contributed by atoms with E-state index in [1.807, 2.05) is 6.08 Å². The Kier molecular flexibility index (Phi) is 6.41. The first-order chi connectivity index (χ1) is 17.4. The van der Waals surface area contributed by atoms with Crippen molar-refractivity contribution in [3.63, 3.8) is 0 Å². The van der Waals surface area contributed by atoms with E-state index in [1.54, 1.807) is 11.8 Å². The van der Waals surface area contributed by atoms with Gasteiger partial charge in [0.2, 0.25) is 0 Å². The zero-order chi connectivity index (χ0) is 25.1. The third-order valence-corrected chi connectivity index (χ3v) is 12.2. The van der Waals surface area contributed by atoms with Gasteiger partial charge in [-0.2, -0.15) is 5.26 Å². The molecule has 0 bridgehead atoms. The Labute approximate surface area is 229 Å². The van der Waals surface area contributed by atoms with E-state index in [1.165, 1.54) is 62.6 Å². The Bertz CT molecular complexity index is 1250. The molecule has 2 aromatic rings. The number of rotatable bonds is 4. The summed E-state index contributed by atoms with van der Waals surface area (Å²) in [5.41, 5.74) is 6.31. The number of thioether (sulfide) groups is 1. The van der Waals surface area contributed by atoms with Crippen molar-refractivity contribution in [3.8, 4) is 17.2 Å². The van der Waals surface area contributed by atoms with Crippen molar-refractivity contribution in [2.45, 2.75) is 82.1 Å². The molecule has 0 spiro atoms. The molecule has 0 aliphatic heterocycles. The Morgan fingerprint density at radius 3 is 2.81 bits per heavy atom. The van der Waals surface area contributed by atoms with Crippen LogP contribution in [0.4, 0.5) is 0 Å². The highest BCUT2D eigenvalue weighted by atomic mass is 79.9. The largest absolute Gasteiger partial charge is 0.244 e. The molecule has 3 fully saturated rings. The molecule has 0 radical (unpaired) electrons. The van der Waals surface area contributed by atoms with E-state index in [0.717, 1.165) is 56.1 Å². The molecule has 6 atom stereocenters. The van der Waals surface area contributed by atoms with Crippen LogP contribution in [0.3, 0.4) is 0 Å². The molecule has 188 valence electrons. The molecule has 4 heteroatoms. The van der Waals surface area contributed by atoms with E-state index in [0.29, 0.717) is 11.3 Å². The molecule has 4 aliphatic rings. The smallest absolute Gasteiger partial charge is 0.115 e. The summed E-state index contributed by atoms with van der Waals surface area (Å²) in [5, 5.41) is 11.3. The lowest BCUT2D eigenvalue weighted by Crippen LogP contribution is -2.53. The van der Waals surface area contributed by atoms with E-state index in [9.17, 15) is 5.26 Å². The lowest BCUT2D eigenvalue weighted by molar-refractivity contribution is -0.0908.